The van der Waals surface area contributed by atoms with Crippen molar-refractivity contribution in [3.05, 3.63) is 23.8 Å². The summed E-state index contributed by atoms with van der Waals surface area (Å²) in [6.45, 7) is 3.31. The molecule has 0 aromatic heterocycles. The zero-order valence-corrected chi connectivity index (χ0v) is 10.8. The van der Waals surface area contributed by atoms with Gasteiger partial charge in [-0.15, -0.1) is 11.8 Å². The van der Waals surface area contributed by atoms with Gasteiger partial charge in [-0.25, -0.2) is 0 Å². The molecule has 1 atom stereocenters. The second kappa shape index (κ2) is 5.60. The third kappa shape index (κ3) is 2.53. The molecule has 1 aromatic carbocycles. The number of ether oxygens (including phenoxy) is 1. The smallest absolute Gasteiger partial charge is 0.123 e. The van der Waals surface area contributed by atoms with Gasteiger partial charge < -0.3 is 10.1 Å². The van der Waals surface area contributed by atoms with Gasteiger partial charge in [-0.05, 0) is 31.5 Å². The molecule has 16 heavy (non-hydrogen) atoms. The number of hydrogen-bond donors (Lipinski definition) is 1. The minimum Gasteiger partial charge on any atom is -0.496 e. The van der Waals surface area contributed by atoms with Gasteiger partial charge in [0.05, 0.1) is 7.11 Å². The first kappa shape index (κ1) is 11.8. The average molecular weight is 237 g/mol. The van der Waals surface area contributed by atoms with Crippen molar-refractivity contribution in [2.24, 2.45) is 0 Å². The molecule has 0 radical (unpaired) electrons. The van der Waals surface area contributed by atoms with Crippen LogP contribution in [-0.2, 0) is 6.42 Å². The van der Waals surface area contributed by atoms with Crippen LogP contribution in [0.4, 0.5) is 0 Å². The summed E-state index contributed by atoms with van der Waals surface area (Å²) in [5.74, 6) is 2.20. The summed E-state index contributed by atoms with van der Waals surface area (Å²) in [5.41, 5.74) is 1.37. The normalized spacial score (nSPS) is 19.2. The van der Waals surface area contributed by atoms with Crippen molar-refractivity contribution in [3.8, 4) is 5.75 Å². The van der Waals surface area contributed by atoms with Gasteiger partial charge >= 0.3 is 0 Å². The van der Waals surface area contributed by atoms with Crippen LogP contribution in [-0.4, -0.2) is 25.4 Å². The highest BCUT2D eigenvalue weighted by Crippen LogP contribution is 2.35. The number of fused-ring (bicyclic) bond motifs is 1. The van der Waals surface area contributed by atoms with E-state index in [1.165, 1.54) is 22.6 Å². The molecule has 2 rings (SSSR count). The fourth-order valence-corrected chi connectivity index (χ4v) is 3.20. The van der Waals surface area contributed by atoms with Gasteiger partial charge in [-0.1, -0.05) is 13.0 Å². The van der Waals surface area contributed by atoms with E-state index in [0.717, 1.165) is 18.7 Å². The standard InChI is InChI=1S/C13H19NOS/c1-3-7-14-10-8-11-12(15-2)5-4-6-13(11)16-9-10/h4-6,10,14H,3,7-9H2,1-2H3. The molecule has 88 valence electrons. The predicted molar refractivity (Wildman–Crippen MR) is 69.5 cm³/mol. The summed E-state index contributed by atoms with van der Waals surface area (Å²) in [5, 5.41) is 3.59. The number of thioether (sulfide) groups is 1. The summed E-state index contributed by atoms with van der Waals surface area (Å²) in [7, 11) is 1.75. The molecular weight excluding hydrogens is 218 g/mol. The Morgan fingerprint density at radius 3 is 3.12 bits per heavy atom. The van der Waals surface area contributed by atoms with Gasteiger partial charge in [0.25, 0.3) is 0 Å². The Kier molecular flexibility index (Phi) is 4.13. The monoisotopic (exact) mass is 237 g/mol. The largest absolute Gasteiger partial charge is 0.496 e. The van der Waals surface area contributed by atoms with Crippen LogP contribution in [0.2, 0.25) is 0 Å². The highest BCUT2D eigenvalue weighted by molar-refractivity contribution is 7.99. The fourth-order valence-electron chi connectivity index (χ4n) is 2.05. The molecule has 0 amide bonds. The molecule has 1 heterocycles. The molecule has 0 bridgehead atoms. The van der Waals surface area contributed by atoms with Crippen molar-refractivity contribution in [1.82, 2.24) is 5.32 Å². The molecule has 1 aliphatic rings. The van der Waals surface area contributed by atoms with Crippen LogP contribution < -0.4 is 10.1 Å². The second-order valence-electron chi connectivity index (χ2n) is 4.10. The van der Waals surface area contributed by atoms with Crippen molar-refractivity contribution in [3.63, 3.8) is 0 Å². The minimum atomic E-state index is 0.591. The summed E-state index contributed by atoms with van der Waals surface area (Å²) in [6, 6.07) is 6.92. The van der Waals surface area contributed by atoms with E-state index < -0.39 is 0 Å². The van der Waals surface area contributed by atoms with Gasteiger partial charge in [0.1, 0.15) is 5.75 Å². The molecule has 0 fully saturated rings. The molecule has 1 aliphatic heterocycles. The van der Waals surface area contributed by atoms with Crippen molar-refractivity contribution >= 4 is 11.8 Å². The van der Waals surface area contributed by atoms with Gasteiger partial charge in [-0.3, -0.25) is 0 Å². The van der Waals surface area contributed by atoms with E-state index in [1.54, 1.807) is 7.11 Å². The average Bonchev–Trinajstić information content (AvgIpc) is 2.35. The molecule has 0 spiro atoms. The summed E-state index contributed by atoms with van der Waals surface area (Å²) in [4.78, 5) is 1.38. The Balaban J connectivity index is 2.11. The van der Waals surface area contributed by atoms with Crippen LogP contribution in [0.5, 0.6) is 5.75 Å². The molecule has 0 aliphatic carbocycles. The lowest BCUT2D eigenvalue weighted by Crippen LogP contribution is -2.36. The Labute approximate surface area is 102 Å². The lowest BCUT2D eigenvalue weighted by Gasteiger charge is -2.26. The summed E-state index contributed by atoms with van der Waals surface area (Å²) < 4.78 is 5.42. The number of nitrogens with one attached hydrogen (secondary N) is 1. The first-order chi connectivity index (χ1) is 7.85. The van der Waals surface area contributed by atoms with Crippen LogP contribution >= 0.6 is 11.8 Å². The highest BCUT2D eigenvalue weighted by atomic mass is 32.2. The second-order valence-corrected chi connectivity index (χ2v) is 5.16. The maximum Gasteiger partial charge on any atom is 0.123 e. The van der Waals surface area contributed by atoms with E-state index in [2.05, 4.69) is 30.4 Å². The lowest BCUT2D eigenvalue weighted by atomic mass is 10.1. The Hall–Kier alpha value is -0.670. The molecule has 1 aromatic rings. The lowest BCUT2D eigenvalue weighted by molar-refractivity contribution is 0.403. The van der Waals surface area contributed by atoms with Crippen LogP contribution in [0.3, 0.4) is 0 Å². The minimum absolute atomic E-state index is 0.591. The van der Waals surface area contributed by atoms with Crippen molar-refractivity contribution in [1.29, 1.82) is 0 Å². The SMILES string of the molecule is CCCNC1CSc2cccc(OC)c2C1. The molecule has 1 unspecified atom stereocenters. The Morgan fingerprint density at radius 2 is 2.38 bits per heavy atom. The molecule has 1 N–H and O–H groups in total. The van der Waals surface area contributed by atoms with Crippen LogP contribution in [0.25, 0.3) is 0 Å². The fraction of sp³-hybridized carbons (Fsp3) is 0.538. The molecule has 2 nitrogen and oxygen atoms in total. The third-order valence-corrected chi connectivity index (χ3v) is 4.15. The maximum absolute atomic E-state index is 5.42. The van der Waals surface area contributed by atoms with Crippen molar-refractivity contribution < 1.29 is 4.74 Å². The van der Waals surface area contributed by atoms with E-state index in [4.69, 9.17) is 4.74 Å². The highest BCUT2D eigenvalue weighted by Gasteiger charge is 2.21. The quantitative estimate of drug-likeness (QED) is 0.870. The number of hydrogen-bond acceptors (Lipinski definition) is 3. The zero-order chi connectivity index (χ0) is 11.4. The van der Waals surface area contributed by atoms with Crippen molar-refractivity contribution in [2.75, 3.05) is 19.4 Å². The predicted octanol–water partition coefficient (Wildman–Crippen LogP) is 2.71. The van der Waals surface area contributed by atoms with Crippen LogP contribution in [0.1, 0.15) is 18.9 Å². The van der Waals surface area contributed by atoms with Crippen LogP contribution in [0, 0.1) is 0 Å². The van der Waals surface area contributed by atoms with E-state index in [0.29, 0.717) is 6.04 Å². The summed E-state index contributed by atoms with van der Waals surface area (Å²) >= 11 is 1.93. The third-order valence-electron chi connectivity index (χ3n) is 2.88. The van der Waals surface area contributed by atoms with Crippen LogP contribution in [0.15, 0.2) is 23.1 Å². The summed E-state index contributed by atoms with van der Waals surface area (Å²) in [6.07, 6.45) is 2.28. The van der Waals surface area contributed by atoms with Gasteiger partial charge in [0, 0.05) is 22.3 Å². The van der Waals surface area contributed by atoms with E-state index >= 15 is 0 Å². The van der Waals surface area contributed by atoms with E-state index in [9.17, 15) is 0 Å². The van der Waals surface area contributed by atoms with Crippen molar-refractivity contribution in [2.45, 2.75) is 30.7 Å². The van der Waals surface area contributed by atoms with Gasteiger partial charge in [0.2, 0.25) is 0 Å². The Morgan fingerprint density at radius 1 is 1.50 bits per heavy atom. The molecule has 0 saturated carbocycles. The topological polar surface area (TPSA) is 21.3 Å². The molecular formula is C13H19NOS. The van der Waals surface area contributed by atoms with E-state index in [1.807, 2.05) is 11.8 Å². The molecule has 3 heteroatoms. The number of methoxy groups -OCH3 is 1. The first-order valence-electron chi connectivity index (χ1n) is 5.87. The first-order valence-corrected chi connectivity index (χ1v) is 6.85. The number of benzene rings is 1. The maximum atomic E-state index is 5.42. The zero-order valence-electron chi connectivity index (χ0n) is 9.95. The molecule has 0 saturated heterocycles. The Bertz CT molecular complexity index is 340. The van der Waals surface area contributed by atoms with E-state index in [-0.39, 0.29) is 0 Å². The number of rotatable bonds is 4. The van der Waals surface area contributed by atoms with Gasteiger partial charge in [-0.2, -0.15) is 0 Å². The van der Waals surface area contributed by atoms with Gasteiger partial charge in [0.15, 0.2) is 0 Å².